The van der Waals surface area contributed by atoms with E-state index in [2.05, 4.69) is 4.98 Å². The molecule has 3 rings (SSSR count). The smallest absolute Gasteiger partial charge is 0.321 e. The van der Waals surface area contributed by atoms with E-state index >= 15 is 0 Å². The summed E-state index contributed by atoms with van der Waals surface area (Å²) in [4.78, 5) is 64.8. The van der Waals surface area contributed by atoms with Gasteiger partial charge in [-0.15, -0.1) is 0 Å². The molecule has 6 unspecified atom stereocenters. The Hall–Kier alpha value is -4.59. The second-order valence-corrected chi connectivity index (χ2v) is 16.6. The standard InChI is InChI=1S/C11H12N2O2.C9H11NO3.C6H12N2O4S2.C6H13NO2.C5H11NO2S/c12-9(11(14)15)5-7-6-13-10-4-2-1-3-8(7)10;10-8(9(12)13)5-6-1-3-7(11)4-2-6;7-3(5(9)10)1-13-14-2-4(8)6(11)12;1-4(2)3-5(7)6(8)9;1-9-3-2-4(6)5(7)8/h1-4,6,9,13H,5,12H2,(H,14,15);1-4,8,11H,5,10H2,(H,12,13);3-4H,1-2,7-8H2,(H,9,10)(H,11,12);4-5H,3,7H2,1-2H3,(H,8,9);4H,2-3,6H2,1H3,(H,7,8). The number of phenolic OH excluding ortho intramolecular Hbond substituents is 1. The number of hydrogen-bond donors (Lipinski definition) is 14. The van der Waals surface area contributed by atoms with E-state index in [1.165, 1.54) is 33.7 Å². The lowest BCUT2D eigenvalue weighted by Gasteiger charge is -2.07. The van der Waals surface area contributed by atoms with Crippen LogP contribution >= 0.6 is 33.3 Å². The van der Waals surface area contributed by atoms with Crippen LogP contribution in [0.2, 0.25) is 0 Å². The molecule has 2 aromatic carbocycles. The van der Waals surface area contributed by atoms with Crippen molar-refractivity contribution >= 4 is 80.1 Å². The van der Waals surface area contributed by atoms with Crippen molar-refractivity contribution in [2.24, 2.45) is 40.3 Å². The number of para-hydroxylation sites is 1. The van der Waals surface area contributed by atoms with Crippen molar-refractivity contribution < 1.29 is 64.5 Å². The van der Waals surface area contributed by atoms with Gasteiger partial charge < -0.3 is 75.1 Å². The Morgan fingerprint density at radius 3 is 1.43 bits per heavy atom. The van der Waals surface area contributed by atoms with Crippen LogP contribution in [-0.2, 0) is 41.6 Å². The molecule has 6 atom stereocenters. The highest BCUT2D eigenvalue weighted by atomic mass is 33.1. The lowest BCUT2D eigenvalue weighted by atomic mass is 10.1. The molecular weight excluding hydrogens is 847 g/mol. The number of nitrogens with one attached hydrogen (secondary N) is 1. The van der Waals surface area contributed by atoms with Gasteiger partial charge in [-0.3, -0.25) is 28.8 Å². The molecule has 338 valence electrons. The SMILES string of the molecule is CC(C)CC(N)C(=O)O.CSCCC(N)C(=O)O.NC(CSSCC(N)C(=O)O)C(=O)O.NC(Cc1c[nH]c2ccccc12)C(=O)O.NC(Cc1ccc(O)cc1)C(=O)O. The minimum absolute atomic E-state index is 0.160. The molecule has 0 amide bonds. The maximum absolute atomic E-state index is 10.6. The Morgan fingerprint density at radius 2 is 1.03 bits per heavy atom. The van der Waals surface area contributed by atoms with Crippen LogP contribution in [0.15, 0.2) is 54.7 Å². The number of phenols is 1. The minimum atomic E-state index is -1.07. The highest BCUT2D eigenvalue weighted by Gasteiger charge is 2.16. The van der Waals surface area contributed by atoms with Gasteiger partial charge in [0.2, 0.25) is 0 Å². The fraction of sp³-hybridized carbons (Fsp3) is 0.459. The van der Waals surface area contributed by atoms with E-state index in [1.54, 1.807) is 23.9 Å². The van der Waals surface area contributed by atoms with Crippen molar-refractivity contribution in [2.45, 2.75) is 75.8 Å². The largest absolute Gasteiger partial charge is 0.508 e. The van der Waals surface area contributed by atoms with Crippen LogP contribution in [0, 0.1) is 5.92 Å². The summed E-state index contributed by atoms with van der Waals surface area (Å²) in [7, 11) is 2.41. The number of aromatic amines is 1. The van der Waals surface area contributed by atoms with Crippen molar-refractivity contribution in [1.82, 2.24) is 4.98 Å². The number of fused-ring (bicyclic) bond motifs is 1. The third-order valence-electron chi connectivity index (χ3n) is 7.35. The van der Waals surface area contributed by atoms with Crippen LogP contribution in [0.3, 0.4) is 0 Å². The van der Waals surface area contributed by atoms with Crippen molar-refractivity contribution in [1.29, 1.82) is 0 Å². The molecule has 0 bridgehead atoms. The van der Waals surface area contributed by atoms with E-state index in [9.17, 15) is 28.8 Å². The highest BCUT2D eigenvalue weighted by Crippen LogP contribution is 2.22. The average Bonchev–Trinajstić information content (AvgIpc) is 3.59. The van der Waals surface area contributed by atoms with Crippen molar-refractivity contribution in [3.8, 4) is 5.75 Å². The fourth-order valence-corrected chi connectivity index (χ4v) is 6.68. The van der Waals surface area contributed by atoms with E-state index in [0.29, 0.717) is 25.2 Å². The van der Waals surface area contributed by atoms with Crippen molar-refractivity contribution in [3.05, 3.63) is 65.9 Å². The molecule has 20 N–H and O–H groups in total. The number of carboxylic acid groups (broad SMARTS) is 6. The molecule has 0 saturated carbocycles. The number of nitrogens with two attached hydrogens (primary N) is 6. The van der Waals surface area contributed by atoms with Gasteiger partial charge in [-0.25, -0.2) is 0 Å². The predicted molar refractivity (Wildman–Crippen MR) is 235 cm³/mol. The Labute approximate surface area is 359 Å². The predicted octanol–water partition coefficient (Wildman–Crippen LogP) is 1.26. The molecule has 20 nitrogen and oxygen atoms in total. The van der Waals surface area contributed by atoms with Gasteiger partial charge in [0.25, 0.3) is 0 Å². The molecule has 0 aliphatic heterocycles. The van der Waals surface area contributed by atoms with Crippen LogP contribution in [0.5, 0.6) is 5.75 Å². The first-order chi connectivity index (χ1) is 27.9. The zero-order chi connectivity index (χ0) is 46.5. The molecular formula is C37H59N7O13S3. The highest BCUT2D eigenvalue weighted by molar-refractivity contribution is 8.76. The van der Waals surface area contributed by atoms with E-state index in [-0.39, 0.29) is 23.7 Å². The van der Waals surface area contributed by atoms with Crippen LogP contribution in [0.25, 0.3) is 10.9 Å². The Bertz CT molecular complexity index is 1710. The number of hydrogen-bond acceptors (Lipinski definition) is 16. The molecule has 1 heterocycles. The summed E-state index contributed by atoms with van der Waals surface area (Å²) >= 11 is 1.60. The monoisotopic (exact) mass is 905 g/mol. The minimum Gasteiger partial charge on any atom is -0.508 e. The van der Waals surface area contributed by atoms with Gasteiger partial charge in [0, 0.05) is 35.0 Å². The summed E-state index contributed by atoms with van der Waals surface area (Å²) in [5.41, 5.74) is 34.4. The van der Waals surface area contributed by atoms with E-state index in [1.807, 2.05) is 50.6 Å². The van der Waals surface area contributed by atoms with Gasteiger partial charge >= 0.3 is 35.8 Å². The summed E-state index contributed by atoms with van der Waals surface area (Å²) in [6.07, 6.45) is 5.46. The normalized spacial score (nSPS) is 13.4. The van der Waals surface area contributed by atoms with Gasteiger partial charge in [0.15, 0.2) is 0 Å². The first kappa shape index (κ1) is 57.5. The molecule has 0 aliphatic rings. The molecule has 23 heteroatoms. The Kier molecular flexibility index (Phi) is 30.9. The lowest BCUT2D eigenvalue weighted by molar-refractivity contribution is -0.139. The first-order valence-corrected chi connectivity index (χ1v) is 21.8. The third-order valence-corrected chi connectivity index (χ3v) is 10.5. The average molecular weight is 906 g/mol. The zero-order valence-corrected chi connectivity index (χ0v) is 35.9. The number of aliphatic carboxylic acids is 6. The molecule has 0 saturated heterocycles. The maximum atomic E-state index is 10.6. The number of aromatic nitrogens is 1. The van der Waals surface area contributed by atoms with Crippen LogP contribution < -0.4 is 34.4 Å². The molecule has 0 aliphatic carbocycles. The molecule has 3 aromatic rings. The number of benzene rings is 2. The number of aromatic hydroxyl groups is 1. The van der Waals surface area contributed by atoms with Crippen LogP contribution in [0.4, 0.5) is 0 Å². The molecule has 0 fully saturated rings. The van der Waals surface area contributed by atoms with Gasteiger partial charge in [0.1, 0.15) is 42.0 Å². The third kappa shape index (κ3) is 28.0. The quantitative estimate of drug-likeness (QED) is 0.0560. The number of rotatable bonds is 20. The number of thioether (sulfide) groups is 1. The summed E-state index contributed by atoms with van der Waals surface area (Å²) in [6.45, 7) is 3.89. The molecule has 0 spiro atoms. The fourth-order valence-electron chi connectivity index (χ4n) is 3.96. The van der Waals surface area contributed by atoms with Crippen molar-refractivity contribution in [2.75, 3.05) is 23.5 Å². The van der Waals surface area contributed by atoms with E-state index in [4.69, 9.17) is 70.1 Å². The summed E-state index contributed by atoms with van der Waals surface area (Å²) in [5, 5.41) is 60.6. The second kappa shape index (κ2) is 32.2. The zero-order valence-electron chi connectivity index (χ0n) is 33.5. The maximum Gasteiger partial charge on any atom is 0.321 e. The van der Waals surface area contributed by atoms with Crippen LogP contribution in [-0.4, -0.2) is 136 Å². The van der Waals surface area contributed by atoms with E-state index in [0.717, 1.165) is 27.8 Å². The first-order valence-electron chi connectivity index (χ1n) is 17.9. The van der Waals surface area contributed by atoms with Gasteiger partial charge in [-0.05, 0) is 66.5 Å². The molecule has 1 aromatic heterocycles. The number of H-pyrrole nitrogens is 1. The van der Waals surface area contributed by atoms with Gasteiger partial charge in [-0.2, -0.15) is 11.8 Å². The summed E-state index contributed by atoms with van der Waals surface area (Å²) < 4.78 is 0. The van der Waals surface area contributed by atoms with Gasteiger partial charge in [-0.1, -0.05) is 65.8 Å². The Morgan fingerprint density at radius 1 is 0.600 bits per heavy atom. The second-order valence-electron chi connectivity index (χ2n) is 13.1. The number of carboxylic acids is 6. The number of carbonyl (C=O) groups is 6. The molecule has 60 heavy (non-hydrogen) atoms. The van der Waals surface area contributed by atoms with Crippen molar-refractivity contribution in [3.63, 3.8) is 0 Å². The summed E-state index contributed by atoms with van der Waals surface area (Å²) in [6, 6.07) is 9.12. The lowest BCUT2D eigenvalue weighted by Crippen LogP contribution is -2.33. The summed E-state index contributed by atoms with van der Waals surface area (Å²) in [5.74, 6) is -4.17. The van der Waals surface area contributed by atoms with E-state index < -0.39 is 72.1 Å². The molecule has 0 radical (unpaired) electrons. The van der Waals surface area contributed by atoms with Crippen LogP contribution in [0.1, 0.15) is 37.8 Å². The topological polar surface area (TPSA) is 416 Å². The Balaban J connectivity index is 0. The van der Waals surface area contributed by atoms with Gasteiger partial charge in [0.05, 0.1) is 0 Å².